The van der Waals surface area contributed by atoms with E-state index in [1.54, 1.807) is 0 Å². The number of H-pyrrole nitrogens is 1. The second kappa shape index (κ2) is 7.14. The molecule has 3 rings (SSSR count). The highest BCUT2D eigenvalue weighted by atomic mass is 35.5. The third-order valence-corrected chi connectivity index (χ3v) is 3.83. The normalized spacial score (nSPS) is 10.5. The standard InChI is InChI=1S/C17H15ClN4O2/c18-14-7-5-12(6-8-14)15-4-2-1-3-13(15)9-19-16(23)10-22-11-20-21-17(22)24/h1-8,11H,9-10H2,(H,19,23)(H,21,24). The zero-order valence-electron chi connectivity index (χ0n) is 12.7. The van der Waals surface area contributed by atoms with Gasteiger partial charge in [0.2, 0.25) is 5.91 Å². The third kappa shape index (κ3) is 3.72. The number of hydrogen-bond donors (Lipinski definition) is 2. The number of rotatable bonds is 5. The first-order valence-electron chi connectivity index (χ1n) is 7.34. The van der Waals surface area contributed by atoms with E-state index < -0.39 is 5.69 Å². The summed E-state index contributed by atoms with van der Waals surface area (Å²) in [5.41, 5.74) is 2.62. The van der Waals surface area contributed by atoms with Crippen LogP contribution in [0.2, 0.25) is 5.02 Å². The summed E-state index contributed by atoms with van der Waals surface area (Å²) < 4.78 is 1.21. The van der Waals surface area contributed by atoms with Crippen molar-refractivity contribution in [1.82, 2.24) is 20.1 Å². The van der Waals surface area contributed by atoms with E-state index in [0.29, 0.717) is 11.6 Å². The van der Waals surface area contributed by atoms with Gasteiger partial charge < -0.3 is 5.32 Å². The van der Waals surface area contributed by atoms with Gasteiger partial charge in [0, 0.05) is 11.6 Å². The number of carbonyl (C=O) groups excluding carboxylic acids is 1. The summed E-state index contributed by atoms with van der Waals surface area (Å²) in [5.74, 6) is -0.260. The zero-order chi connectivity index (χ0) is 16.9. The molecule has 0 radical (unpaired) electrons. The minimum Gasteiger partial charge on any atom is -0.350 e. The Labute approximate surface area is 143 Å². The summed E-state index contributed by atoms with van der Waals surface area (Å²) in [6.45, 7) is 0.294. The van der Waals surface area contributed by atoms with Crippen molar-refractivity contribution in [3.63, 3.8) is 0 Å². The predicted octanol–water partition coefficient (Wildman–Crippen LogP) is 2.21. The monoisotopic (exact) mass is 342 g/mol. The molecule has 0 aliphatic rings. The van der Waals surface area contributed by atoms with Gasteiger partial charge in [-0.2, -0.15) is 5.10 Å². The van der Waals surface area contributed by atoms with Crippen LogP contribution in [0.4, 0.5) is 0 Å². The number of benzene rings is 2. The lowest BCUT2D eigenvalue weighted by Crippen LogP contribution is -2.30. The SMILES string of the molecule is O=C(Cn1cn[nH]c1=O)NCc1ccccc1-c1ccc(Cl)cc1. The van der Waals surface area contributed by atoms with Gasteiger partial charge in [0.1, 0.15) is 12.9 Å². The van der Waals surface area contributed by atoms with Crippen molar-refractivity contribution in [3.8, 4) is 11.1 Å². The van der Waals surface area contributed by atoms with E-state index in [4.69, 9.17) is 11.6 Å². The van der Waals surface area contributed by atoms with Gasteiger partial charge in [-0.1, -0.05) is 48.0 Å². The molecule has 1 amide bonds. The Bertz CT molecular complexity index is 899. The van der Waals surface area contributed by atoms with Crippen LogP contribution in [-0.4, -0.2) is 20.7 Å². The molecule has 1 aromatic heterocycles. The maximum absolute atomic E-state index is 12.0. The van der Waals surface area contributed by atoms with Gasteiger partial charge in [0.05, 0.1) is 0 Å². The van der Waals surface area contributed by atoms with Crippen LogP contribution in [0.15, 0.2) is 59.7 Å². The lowest BCUT2D eigenvalue weighted by molar-refractivity contribution is -0.121. The fourth-order valence-electron chi connectivity index (χ4n) is 2.37. The molecular formula is C17H15ClN4O2. The van der Waals surface area contributed by atoms with Crippen molar-refractivity contribution in [2.24, 2.45) is 0 Å². The van der Waals surface area contributed by atoms with Gasteiger partial charge >= 0.3 is 5.69 Å². The predicted molar refractivity (Wildman–Crippen MR) is 91.6 cm³/mol. The molecule has 0 saturated heterocycles. The summed E-state index contributed by atoms with van der Waals surface area (Å²) >= 11 is 5.93. The van der Waals surface area contributed by atoms with Crippen LogP contribution in [0.1, 0.15) is 5.56 Å². The van der Waals surface area contributed by atoms with E-state index in [0.717, 1.165) is 16.7 Å². The van der Waals surface area contributed by atoms with Crippen LogP contribution in [0, 0.1) is 0 Å². The van der Waals surface area contributed by atoms with Gasteiger partial charge in [-0.3, -0.25) is 9.36 Å². The summed E-state index contributed by atoms with van der Waals surface area (Å²) in [6.07, 6.45) is 1.30. The summed E-state index contributed by atoms with van der Waals surface area (Å²) in [6, 6.07) is 15.3. The van der Waals surface area contributed by atoms with E-state index in [9.17, 15) is 9.59 Å². The number of amides is 1. The van der Waals surface area contributed by atoms with Crippen LogP contribution in [0.5, 0.6) is 0 Å². The van der Waals surface area contributed by atoms with E-state index in [1.807, 2.05) is 48.5 Å². The lowest BCUT2D eigenvalue weighted by Gasteiger charge is -2.11. The summed E-state index contributed by atoms with van der Waals surface area (Å²) in [7, 11) is 0. The largest absolute Gasteiger partial charge is 0.350 e. The van der Waals surface area contributed by atoms with Crippen molar-refractivity contribution < 1.29 is 4.79 Å². The first-order valence-corrected chi connectivity index (χ1v) is 7.71. The lowest BCUT2D eigenvalue weighted by atomic mass is 10.00. The van der Waals surface area contributed by atoms with E-state index in [1.165, 1.54) is 10.9 Å². The van der Waals surface area contributed by atoms with Gasteiger partial charge in [0.25, 0.3) is 0 Å². The molecule has 0 atom stereocenters. The van der Waals surface area contributed by atoms with Crippen molar-refractivity contribution in [3.05, 3.63) is 75.9 Å². The number of carbonyl (C=O) groups is 1. The maximum atomic E-state index is 12.0. The van der Waals surface area contributed by atoms with Crippen LogP contribution in [0.3, 0.4) is 0 Å². The Morgan fingerprint density at radius 3 is 2.62 bits per heavy atom. The number of nitrogens with one attached hydrogen (secondary N) is 2. The Balaban J connectivity index is 1.71. The van der Waals surface area contributed by atoms with Crippen molar-refractivity contribution in [1.29, 1.82) is 0 Å². The minimum atomic E-state index is -0.410. The summed E-state index contributed by atoms with van der Waals surface area (Å²) in [5, 5.41) is 9.33. The van der Waals surface area contributed by atoms with Gasteiger partial charge in [-0.15, -0.1) is 0 Å². The average Bonchev–Trinajstić information content (AvgIpc) is 2.99. The van der Waals surface area contributed by atoms with E-state index in [-0.39, 0.29) is 12.5 Å². The van der Waals surface area contributed by atoms with Gasteiger partial charge in [-0.05, 0) is 28.8 Å². The van der Waals surface area contributed by atoms with Crippen molar-refractivity contribution in [2.75, 3.05) is 0 Å². The second-order valence-electron chi connectivity index (χ2n) is 5.23. The topological polar surface area (TPSA) is 79.8 Å². The number of aromatic nitrogens is 3. The molecule has 2 aromatic carbocycles. The highest BCUT2D eigenvalue weighted by molar-refractivity contribution is 6.30. The molecule has 3 aromatic rings. The summed E-state index contributed by atoms with van der Waals surface area (Å²) in [4.78, 5) is 23.3. The fourth-order valence-corrected chi connectivity index (χ4v) is 2.50. The molecule has 24 heavy (non-hydrogen) atoms. The molecule has 0 fully saturated rings. The van der Waals surface area contributed by atoms with E-state index >= 15 is 0 Å². The first-order chi connectivity index (χ1) is 11.6. The Morgan fingerprint density at radius 2 is 1.92 bits per heavy atom. The van der Waals surface area contributed by atoms with Gasteiger partial charge in [0.15, 0.2) is 0 Å². The third-order valence-electron chi connectivity index (χ3n) is 3.58. The second-order valence-corrected chi connectivity index (χ2v) is 5.67. The average molecular weight is 343 g/mol. The van der Waals surface area contributed by atoms with Crippen LogP contribution >= 0.6 is 11.6 Å². The van der Waals surface area contributed by atoms with E-state index in [2.05, 4.69) is 15.5 Å². The highest BCUT2D eigenvalue weighted by Gasteiger charge is 2.08. The Kier molecular flexibility index (Phi) is 4.77. The molecule has 0 aliphatic carbocycles. The molecule has 6 nitrogen and oxygen atoms in total. The Hall–Kier alpha value is -2.86. The smallest absolute Gasteiger partial charge is 0.343 e. The molecular weight excluding hydrogens is 328 g/mol. The molecule has 0 spiro atoms. The van der Waals surface area contributed by atoms with Crippen molar-refractivity contribution in [2.45, 2.75) is 13.1 Å². The molecule has 0 aliphatic heterocycles. The maximum Gasteiger partial charge on any atom is 0.343 e. The number of nitrogens with zero attached hydrogens (tertiary/aromatic N) is 2. The molecule has 1 heterocycles. The first kappa shape index (κ1) is 16.0. The highest BCUT2D eigenvalue weighted by Crippen LogP contribution is 2.25. The van der Waals surface area contributed by atoms with Crippen molar-refractivity contribution >= 4 is 17.5 Å². The molecule has 2 N–H and O–H groups in total. The zero-order valence-corrected chi connectivity index (χ0v) is 13.5. The number of hydrogen-bond acceptors (Lipinski definition) is 3. The molecule has 0 bridgehead atoms. The van der Waals surface area contributed by atoms with Crippen LogP contribution in [-0.2, 0) is 17.9 Å². The number of halogens is 1. The van der Waals surface area contributed by atoms with Crippen LogP contribution < -0.4 is 11.0 Å². The fraction of sp³-hybridized carbons (Fsp3) is 0.118. The Morgan fingerprint density at radius 1 is 1.17 bits per heavy atom. The molecule has 0 saturated carbocycles. The van der Waals surface area contributed by atoms with Gasteiger partial charge in [-0.25, -0.2) is 9.89 Å². The quantitative estimate of drug-likeness (QED) is 0.746. The number of aromatic amines is 1. The van der Waals surface area contributed by atoms with Crippen LogP contribution in [0.25, 0.3) is 11.1 Å². The minimum absolute atomic E-state index is 0.0710. The molecule has 122 valence electrons. The molecule has 0 unspecified atom stereocenters. The molecule has 7 heteroatoms.